The smallest absolute Gasteiger partial charge is 0.0540 e. The minimum Gasteiger partial charge on any atom is -0.407 e. The van der Waals surface area contributed by atoms with Crippen LogP contribution >= 0.6 is 0 Å². The molecule has 1 fully saturated rings. The average molecular weight is 297 g/mol. The zero-order valence-electron chi connectivity index (χ0n) is 5.80. The van der Waals surface area contributed by atoms with E-state index in [4.69, 9.17) is 4.74 Å². The van der Waals surface area contributed by atoms with Gasteiger partial charge in [0.05, 0.1) is 6.10 Å². The summed E-state index contributed by atoms with van der Waals surface area (Å²) in [6.45, 7) is 5.97. The fourth-order valence-electron chi connectivity index (χ4n) is 1.08. The molecule has 9 heavy (non-hydrogen) atoms. The molecule has 1 heterocycles. The molecule has 0 aromatic heterocycles. The summed E-state index contributed by atoms with van der Waals surface area (Å²) >= 11 is 0. The molecule has 0 aromatic rings. The van der Waals surface area contributed by atoms with Crippen LogP contribution in [-0.4, -0.2) is 12.2 Å². The Morgan fingerprint density at radius 3 is 2.44 bits per heavy atom. The fraction of sp³-hybridized carbons (Fsp3) is 0.857. The third-order valence-electron chi connectivity index (χ3n) is 1.65. The second-order valence-electron chi connectivity index (χ2n) is 2.37. The molecule has 2 heteroatoms. The van der Waals surface area contributed by atoms with Gasteiger partial charge in [0.1, 0.15) is 0 Å². The molecule has 0 N–H and O–H groups in total. The predicted octanol–water partition coefficient (Wildman–Crippen LogP) is 1.78. The molecule has 1 aliphatic rings. The van der Waals surface area contributed by atoms with Gasteiger partial charge in [-0.05, 0) is 12.8 Å². The molecule has 1 rings (SSSR count). The molecule has 1 saturated heterocycles. The number of ether oxygens (including phenoxy) is 1. The molecule has 0 bridgehead atoms. The van der Waals surface area contributed by atoms with Crippen LogP contribution in [0.3, 0.4) is 0 Å². The van der Waals surface area contributed by atoms with Gasteiger partial charge >= 0.3 is 0 Å². The van der Waals surface area contributed by atoms with Crippen LogP contribution in [0.2, 0.25) is 0 Å². The maximum atomic E-state index is 5.40. The number of hydrogen-bond acceptors (Lipinski definition) is 1. The van der Waals surface area contributed by atoms with Crippen LogP contribution in [0.25, 0.3) is 0 Å². The van der Waals surface area contributed by atoms with E-state index in [0.29, 0.717) is 6.10 Å². The van der Waals surface area contributed by atoms with Crippen molar-refractivity contribution in [3.63, 3.8) is 0 Å². The van der Waals surface area contributed by atoms with Crippen LogP contribution in [0.15, 0.2) is 0 Å². The van der Waals surface area contributed by atoms with Crippen molar-refractivity contribution < 1.29 is 25.8 Å². The summed E-state index contributed by atoms with van der Waals surface area (Å²) in [7, 11) is 0. The zero-order valence-corrected chi connectivity index (χ0v) is 8.73. The summed E-state index contributed by atoms with van der Waals surface area (Å²) in [5.74, 6) is 0. The van der Waals surface area contributed by atoms with Crippen molar-refractivity contribution in [2.45, 2.75) is 38.4 Å². The molecule has 1 nitrogen and oxygen atoms in total. The summed E-state index contributed by atoms with van der Waals surface area (Å²) in [6.07, 6.45) is 4.30. The summed E-state index contributed by atoms with van der Waals surface area (Å²) < 4.78 is 5.40. The Bertz CT molecular complexity index is 75.3. The van der Waals surface area contributed by atoms with Crippen LogP contribution in [0.4, 0.5) is 0 Å². The first kappa shape index (κ1) is 9.65. The van der Waals surface area contributed by atoms with E-state index in [-0.39, 0.29) is 27.2 Å². The van der Waals surface area contributed by atoms with Crippen LogP contribution in [0, 0.1) is 6.92 Å². The van der Waals surface area contributed by atoms with Crippen molar-refractivity contribution >= 4 is 0 Å². The fourth-order valence-corrected chi connectivity index (χ4v) is 1.08. The van der Waals surface area contributed by atoms with Crippen molar-refractivity contribution in [2.24, 2.45) is 0 Å². The van der Waals surface area contributed by atoms with E-state index in [9.17, 15) is 0 Å². The molecule has 54 valence electrons. The Balaban J connectivity index is 0.000000640. The largest absolute Gasteiger partial charge is 0.407 e. The molecule has 1 aliphatic heterocycles. The minimum atomic E-state index is 0. The first-order valence-electron chi connectivity index (χ1n) is 3.31. The van der Waals surface area contributed by atoms with Gasteiger partial charge in [-0.1, -0.05) is 19.4 Å². The van der Waals surface area contributed by atoms with Gasteiger partial charge in [-0.25, -0.2) is 0 Å². The normalized spacial score (nSPS) is 34.0. The molecular formula is C7H13OW-. The van der Waals surface area contributed by atoms with Crippen LogP contribution in [0.5, 0.6) is 0 Å². The summed E-state index contributed by atoms with van der Waals surface area (Å²) in [6, 6.07) is 0. The van der Waals surface area contributed by atoms with Crippen molar-refractivity contribution in [3.05, 3.63) is 6.92 Å². The Labute approximate surface area is 71.4 Å². The van der Waals surface area contributed by atoms with E-state index in [1.807, 2.05) is 0 Å². The van der Waals surface area contributed by atoms with Crippen molar-refractivity contribution in [1.82, 2.24) is 0 Å². The minimum absolute atomic E-state index is 0. The quantitative estimate of drug-likeness (QED) is 0.670. The van der Waals surface area contributed by atoms with E-state index >= 15 is 0 Å². The standard InChI is InChI=1S/C7H13O.W/c1-3-7-5-4-6(2)8-7;/h6-7H,2-5H2,1H3;/q-1;. The topological polar surface area (TPSA) is 9.23 Å². The Hall–Kier alpha value is 0.648. The van der Waals surface area contributed by atoms with Gasteiger partial charge in [-0.2, -0.15) is 0 Å². The van der Waals surface area contributed by atoms with Crippen LogP contribution in [-0.2, 0) is 25.8 Å². The first-order chi connectivity index (χ1) is 3.83. The Morgan fingerprint density at radius 2 is 2.22 bits per heavy atom. The van der Waals surface area contributed by atoms with Crippen molar-refractivity contribution in [2.75, 3.05) is 0 Å². The molecule has 2 atom stereocenters. The first-order valence-corrected chi connectivity index (χ1v) is 3.31. The van der Waals surface area contributed by atoms with Crippen molar-refractivity contribution in [1.29, 1.82) is 0 Å². The van der Waals surface area contributed by atoms with E-state index in [0.717, 1.165) is 12.8 Å². The zero-order chi connectivity index (χ0) is 5.98. The SMILES string of the molecule is [CH2-]C1CCC(CC)O1.[W]. The molecule has 0 amide bonds. The van der Waals surface area contributed by atoms with Gasteiger partial charge in [0, 0.05) is 21.1 Å². The van der Waals surface area contributed by atoms with Gasteiger partial charge < -0.3 is 11.7 Å². The Morgan fingerprint density at radius 1 is 1.56 bits per heavy atom. The van der Waals surface area contributed by atoms with Crippen LogP contribution < -0.4 is 0 Å². The van der Waals surface area contributed by atoms with Gasteiger partial charge in [-0.15, -0.1) is 0 Å². The van der Waals surface area contributed by atoms with E-state index in [1.54, 1.807) is 0 Å². The molecule has 0 spiro atoms. The maximum absolute atomic E-state index is 5.40. The van der Waals surface area contributed by atoms with Gasteiger partial charge in [-0.3, -0.25) is 0 Å². The second-order valence-corrected chi connectivity index (χ2v) is 2.37. The van der Waals surface area contributed by atoms with Gasteiger partial charge in [0.15, 0.2) is 0 Å². The van der Waals surface area contributed by atoms with Crippen LogP contribution in [0.1, 0.15) is 26.2 Å². The summed E-state index contributed by atoms with van der Waals surface area (Å²) in [5.41, 5.74) is 0. The van der Waals surface area contributed by atoms with E-state index in [2.05, 4.69) is 13.8 Å². The predicted molar refractivity (Wildman–Crippen MR) is 33.5 cm³/mol. The summed E-state index contributed by atoms with van der Waals surface area (Å²) in [5, 5.41) is 0. The monoisotopic (exact) mass is 297 g/mol. The number of hydrogen-bond donors (Lipinski definition) is 0. The van der Waals surface area contributed by atoms with Gasteiger partial charge in [0.25, 0.3) is 0 Å². The molecular weight excluding hydrogens is 284 g/mol. The third-order valence-corrected chi connectivity index (χ3v) is 1.65. The molecule has 2 unspecified atom stereocenters. The molecule has 0 aliphatic carbocycles. The van der Waals surface area contributed by atoms with E-state index in [1.165, 1.54) is 6.42 Å². The molecule has 0 saturated carbocycles. The van der Waals surface area contributed by atoms with Crippen molar-refractivity contribution in [3.8, 4) is 0 Å². The van der Waals surface area contributed by atoms with E-state index < -0.39 is 0 Å². The molecule has 0 radical (unpaired) electrons. The summed E-state index contributed by atoms with van der Waals surface area (Å²) in [4.78, 5) is 0. The van der Waals surface area contributed by atoms with Gasteiger partial charge in [0.2, 0.25) is 0 Å². The Kier molecular flexibility index (Phi) is 4.78. The number of rotatable bonds is 1. The second kappa shape index (κ2) is 4.46. The maximum Gasteiger partial charge on any atom is 0.0540 e. The third kappa shape index (κ3) is 2.82. The average Bonchev–Trinajstić information content (AvgIpc) is 2.14. The molecule has 0 aromatic carbocycles.